The molecule has 2 heteroatoms. The molecule has 2 N–H and O–H groups in total. The predicted octanol–water partition coefficient (Wildman–Crippen LogP) is 3.10. The Balaban J connectivity index is 2.52. The largest absolute Gasteiger partial charge is 0.396 e. The molecule has 0 amide bonds. The first-order valence-corrected chi connectivity index (χ1v) is 7.12. The zero-order chi connectivity index (χ0) is 11.9. The van der Waals surface area contributed by atoms with Crippen molar-refractivity contribution >= 4 is 0 Å². The van der Waals surface area contributed by atoms with Crippen LogP contribution in [0.3, 0.4) is 0 Å². The maximum Gasteiger partial charge on any atom is 0.0448 e. The molecule has 2 atom stereocenters. The van der Waals surface area contributed by atoms with E-state index in [2.05, 4.69) is 19.2 Å². The summed E-state index contributed by atoms with van der Waals surface area (Å²) in [5.41, 5.74) is 0.242. The molecule has 96 valence electrons. The summed E-state index contributed by atoms with van der Waals surface area (Å²) in [5.74, 6) is 0.934. The fourth-order valence-electron chi connectivity index (χ4n) is 3.28. The summed E-state index contributed by atoms with van der Waals surface area (Å²) in [6.07, 6.45) is 10.2. The van der Waals surface area contributed by atoms with Gasteiger partial charge in [-0.15, -0.1) is 0 Å². The van der Waals surface area contributed by atoms with Crippen LogP contribution in [0.1, 0.15) is 65.2 Å². The van der Waals surface area contributed by atoms with Gasteiger partial charge in [0.2, 0.25) is 0 Å². The van der Waals surface area contributed by atoms with Gasteiger partial charge < -0.3 is 10.4 Å². The summed E-state index contributed by atoms with van der Waals surface area (Å²) in [6, 6.07) is 0. The highest BCUT2D eigenvalue weighted by Crippen LogP contribution is 2.34. The number of hydrogen-bond acceptors (Lipinski definition) is 2. The normalized spacial score (nSPS) is 31.3. The highest BCUT2D eigenvalue weighted by molar-refractivity contribution is 4.90. The van der Waals surface area contributed by atoms with Crippen molar-refractivity contribution in [1.29, 1.82) is 0 Å². The topological polar surface area (TPSA) is 32.3 Å². The van der Waals surface area contributed by atoms with E-state index in [1.165, 1.54) is 44.9 Å². The molecule has 2 nitrogen and oxygen atoms in total. The lowest BCUT2D eigenvalue weighted by Gasteiger charge is -2.33. The van der Waals surface area contributed by atoms with Crippen LogP contribution in [0.2, 0.25) is 0 Å². The van der Waals surface area contributed by atoms with Gasteiger partial charge in [-0.05, 0) is 38.1 Å². The van der Waals surface area contributed by atoms with E-state index in [9.17, 15) is 5.11 Å². The molecule has 0 spiro atoms. The fraction of sp³-hybridized carbons (Fsp3) is 1.00. The average molecular weight is 227 g/mol. The molecule has 0 aromatic heterocycles. The number of aliphatic hydroxyl groups excluding tert-OH is 1. The minimum Gasteiger partial charge on any atom is -0.396 e. The maximum atomic E-state index is 9.23. The van der Waals surface area contributed by atoms with Gasteiger partial charge in [0.05, 0.1) is 0 Å². The molecule has 1 fully saturated rings. The summed E-state index contributed by atoms with van der Waals surface area (Å²) < 4.78 is 0. The third-order valence-corrected chi connectivity index (χ3v) is 4.14. The summed E-state index contributed by atoms with van der Waals surface area (Å²) in [4.78, 5) is 0. The number of nitrogens with one attached hydrogen (secondary N) is 1. The third-order valence-electron chi connectivity index (χ3n) is 4.14. The Hall–Kier alpha value is -0.0800. The van der Waals surface area contributed by atoms with Crippen LogP contribution in [0.15, 0.2) is 0 Å². The van der Waals surface area contributed by atoms with Gasteiger partial charge in [-0.25, -0.2) is 0 Å². The first-order valence-electron chi connectivity index (χ1n) is 7.12. The Kier molecular flexibility index (Phi) is 6.37. The molecule has 2 unspecified atom stereocenters. The van der Waals surface area contributed by atoms with Crippen LogP contribution in [-0.4, -0.2) is 23.8 Å². The highest BCUT2D eigenvalue weighted by atomic mass is 16.3. The number of hydrogen-bond donors (Lipinski definition) is 2. The van der Waals surface area contributed by atoms with Gasteiger partial charge in [0, 0.05) is 12.1 Å². The van der Waals surface area contributed by atoms with Crippen molar-refractivity contribution in [3.05, 3.63) is 0 Å². The first kappa shape index (κ1) is 14.0. The molecule has 1 rings (SSSR count). The van der Waals surface area contributed by atoms with Gasteiger partial charge in [0.25, 0.3) is 0 Å². The van der Waals surface area contributed by atoms with Crippen LogP contribution < -0.4 is 5.32 Å². The van der Waals surface area contributed by atoms with E-state index in [0.29, 0.717) is 6.61 Å². The predicted molar refractivity (Wildman–Crippen MR) is 69.6 cm³/mol. The summed E-state index contributed by atoms with van der Waals surface area (Å²) in [5, 5.41) is 12.9. The van der Waals surface area contributed by atoms with Crippen LogP contribution in [0, 0.1) is 5.92 Å². The molecule has 0 aromatic carbocycles. The van der Waals surface area contributed by atoms with Crippen LogP contribution in [-0.2, 0) is 0 Å². The molecule has 16 heavy (non-hydrogen) atoms. The molecule has 1 saturated carbocycles. The Morgan fingerprint density at radius 2 is 2.06 bits per heavy atom. The van der Waals surface area contributed by atoms with Crippen LogP contribution >= 0.6 is 0 Å². The SMILES string of the molecule is CCCC1CCCC(CCO)(NCC)CC1. The van der Waals surface area contributed by atoms with Crippen molar-refractivity contribution in [3.8, 4) is 0 Å². The fourth-order valence-corrected chi connectivity index (χ4v) is 3.28. The molecular weight excluding hydrogens is 198 g/mol. The standard InChI is InChI=1S/C14H29NO/c1-3-6-13-7-5-9-14(10-8-13,11-12-16)15-4-2/h13,15-16H,3-12H2,1-2H3. The van der Waals surface area contributed by atoms with Crippen molar-refractivity contribution in [2.24, 2.45) is 5.92 Å². The summed E-state index contributed by atoms with van der Waals surface area (Å²) in [7, 11) is 0. The molecular formula is C14H29NO. The van der Waals surface area contributed by atoms with E-state index in [4.69, 9.17) is 0 Å². The van der Waals surface area contributed by atoms with Gasteiger partial charge >= 0.3 is 0 Å². The van der Waals surface area contributed by atoms with Crippen molar-refractivity contribution in [2.45, 2.75) is 70.8 Å². The van der Waals surface area contributed by atoms with E-state index in [-0.39, 0.29) is 5.54 Å². The lowest BCUT2D eigenvalue weighted by atomic mass is 9.86. The Morgan fingerprint density at radius 1 is 1.25 bits per heavy atom. The molecule has 0 radical (unpaired) electrons. The second-order valence-electron chi connectivity index (χ2n) is 5.37. The number of rotatable bonds is 6. The zero-order valence-electron chi connectivity index (χ0n) is 11.1. The molecule has 0 heterocycles. The molecule has 0 aliphatic heterocycles. The van der Waals surface area contributed by atoms with Crippen molar-refractivity contribution in [3.63, 3.8) is 0 Å². The molecule has 1 aliphatic rings. The summed E-state index contributed by atoms with van der Waals surface area (Å²) >= 11 is 0. The van der Waals surface area contributed by atoms with Gasteiger partial charge in [-0.3, -0.25) is 0 Å². The minimum atomic E-state index is 0.242. The van der Waals surface area contributed by atoms with Crippen molar-refractivity contribution in [2.75, 3.05) is 13.2 Å². The second kappa shape index (κ2) is 7.29. The lowest BCUT2D eigenvalue weighted by Crippen LogP contribution is -2.45. The summed E-state index contributed by atoms with van der Waals surface area (Å²) in [6.45, 7) is 5.81. The maximum absolute atomic E-state index is 9.23. The van der Waals surface area contributed by atoms with E-state index in [1.54, 1.807) is 0 Å². The zero-order valence-corrected chi connectivity index (χ0v) is 11.1. The number of aliphatic hydroxyl groups is 1. The van der Waals surface area contributed by atoms with Gasteiger partial charge in [-0.2, -0.15) is 0 Å². The van der Waals surface area contributed by atoms with E-state index >= 15 is 0 Å². The molecule has 0 saturated heterocycles. The molecule has 1 aliphatic carbocycles. The Bertz CT molecular complexity index is 176. The van der Waals surface area contributed by atoms with Crippen molar-refractivity contribution < 1.29 is 5.11 Å². The van der Waals surface area contributed by atoms with Crippen LogP contribution in [0.25, 0.3) is 0 Å². The first-order chi connectivity index (χ1) is 7.76. The quantitative estimate of drug-likeness (QED) is 0.683. The van der Waals surface area contributed by atoms with Crippen LogP contribution in [0.5, 0.6) is 0 Å². The molecule has 0 aromatic rings. The lowest BCUT2D eigenvalue weighted by molar-refractivity contribution is 0.191. The Morgan fingerprint density at radius 3 is 2.69 bits per heavy atom. The van der Waals surface area contributed by atoms with Gasteiger partial charge in [0.1, 0.15) is 0 Å². The van der Waals surface area contributed by atoms with Gasteiger partial charge in [-0.1, -0.05) is 39.5 Å². The average Bonchev–Trinajstić information content (AvgIpc) is 2.44. The second-order valence-corrected chi connectivity index (χ2v) is 5.37. The highest BCUT2D eigenvalue weighted by Gasteiger charge is 2.31. The smallest absolute Gasteiger partial charge is 0.0448 e. The minimum absolute atomic E-state index is 0.242. The van der Waals surface area contributed by atoms with Crippen LogP contribution in [0.4, 0.5) is 0 Å². The van der Waals surface area contributed by atoms with E-state index < -0.39 is 0 Å². The third kappa shape index (κ3) is 4.06. The molecule has 0 bridgehead atoms. The monoisotopic (exact) mass is 227 g/mol. The Labute approximate surface area is 101 Å². The van der Waals surface area contributed by atoms with Gasteiger partial charge in [0.15, 0.2) is 0 Å². The van der Waals surface area contributed by atoms with E-state index in [0.717, 1.165) is 18.9 Å². The van der Waals surface area contributed by atoms with E-state index in [1.807, 2.05) is 0 Å². The van der Waals surface area contributed by atoms with Crippen molar-refractivity contribution in [1.82, 2.24) is 5.32 Å².